The molecular weight excluding hydrogens is 328 g/mol. The van der Waals surface area contributed by atoms with Gasteiger partial charge in [-0.25, -0.2) is 0 Å². The lowest BCUT2D eigenvalue weighted by Gasteiger charge is -2.46. The summed E-state index contributed by atoms with van der Waals surface area (Å²) in [5.41, 5.74) is 0. The highest BCUT2D eigenvalue weighted by atomic mass is 16.7. The van der Waals surface area contributed by atoms with Gasteiger partial charge in [0.05, 0.1) is 25.4 Å². The van der Waals surface area contributed by atoms with Gasteiger partial charge in [-0.1, -0.05) is 6.92 Å². The van der Waals surface area contributed by atoms with Crippen molar-refractivity contribution in [1.82, 2.24) is 0 Å². The highest BCUT2D eigenvalue weighted by Crippen LogP contribution is 2.31. The molecule has 2 saturated heterocycles. The van der Waals surface area contributed by atoms with E-state index in [1.54, 1.807) is 6.92 Å². The third-order valence-corrected chi connectivity index (χ3v) is 4.59. The molecular formula is C14H26O10. The van der Waals surface area contributed by atoms with Crippen molar-refractivity contribution < 1.29 is 49.6 Å². The highest BCUT2D eigenvalue weighted by Gasteiger charge is 2.49. The smallest absolute Gasteiger partial charge is 0.187 e. The predicted octanol–water partition coefficient (Wildman–Crippen LogP) is -3.47. The molecule has 2 heterocycles. The Bertz CT molecular complexity index is 392. The highest BCUT2D eigenvalue weighted by molar-refractivity contribution is 4.93. The first-order valence-corrected chi connectivity index (χ1v) is 7.78. The molecule has 2 aliphatic rings. The Hall–Kier alpha value is -0.400. The normalized spacial score (nSPS) is 50.0. The lowest BCUT2D eigenvalue weighted by molar-refractivity contribution is -0.353. The average molecular weight is 354 g/mol. The van der Waals surface area contributed by atoms with Gasteiger partial charge in [-0.05, 0) is 0 Å². The maximum atomic E-state index is 10.2. The summed E-state index contributed by atoms with van der Waals surface area (Å²) in [6.07, 6.45) is -11.2. The zero-order valence-electron chi connectivity index (χ0n) is 13.5. The zero-order chi connectivity index (χ0) is 18.0. The second kappa shape index (κ2) is 8.32. The maximum absolute atomic E-state index is 10.2. The SMILES string of the molecule is CO[C@H]1OC(CO)[C@H](O[C@@H]2OC(CO)[C@@H](C)[C@H](O)C2O)[C@@H](O)C1O. The summed E-state index contributed by atoms with van der Waals surface area (Å²) in [6, 6.07) is 0. The van der Waals surface area contributed by atoms with Crippen LogP contribution >= 0.6 is 0 Å². The molecule has 2 fully saturated rings. The van der Waals surface area contributed by atoms with E-state index in [9.17, 15) is 30.6 Å². The van der Waals surface area contributed by atoms with Gasteiger partial charge in [0.1, 0.15) is 30.5 Å². The molecule has 2 aliphatic heterocycles. The van der Waals surface area contributed by atoms with E-state index in [4.69, 9.17) is 18.9 Å². The summed E-state index contributed by atoms with van der Waals surface area (Å²) in [7, 11) is 1.27. The summed E-state index contributed by atoms with van der Waals surface area (Å²) in [5, 5.41) is 59.0. The number of aliphatic hydroxyl groups excluding tert-OH is 6. The number of methoxy groups -OCH3 is 1. The lowest BCUT2D eigenvalue weighted by atomic mass is 9.91. The fourth-order valence-corrected chi connectivity index (χ4v) is 2.96. The monoisotopic (exact) mass is 354 g/mol. The molecule has 2 rings (SSSR count). The van der Waals surface area contributed by atoms with Gasteiger partial charge in [0.25, 0.3) is 0 Å². The van der Waals surface area contributed by atoms with Crippen LogP contribution < -0.4 is 0 Å². The summed E-state index contributed by atoms with van der Waals surface area (Å²) in [6.45, 7) is 0.666. The number of ether oxygens (including phenoxy) is 4. The Morgan fingerprint density at radius 1 is 0.792 bits per heavy atom. The van der Waals surface area contributed by atoms with Crippen molar-refractivity contribution in [2.45, 2.75) is 62.2 Å². The molecule has 10 atom stereocenters. The molecule has 0 aromatic carbocycles. The van der Waals surface area contributed by atoms with Crippen LogP contribution in [0.15, 0.2) is 0 Å². The molecule has 142 valence electrons. The molecule has 0 radical (unpaired) electrons. The minimum atomic E-state index is -1.49. The molecule has 0 bridgehead atoms. The van der Waals surface area contributed by atoms with E-state index in [0.29, 0.717) is 0 Å². The molecule has 0 spiro atoms. The lowest BCUT2D eigenvalue weighted by Crippen LogP contribution is -2.63. The van der Waals surface area contributed by atoms with Crippen molar-refractivity contribution in [3.63, 3.8) is 0 Å². The molecule has 0 aliphatic carbocycles. The van der Waals surface area contributed by atoms with Gasteiger partial charge in [-0.3, -0.25) is 0 Å². The summed E-state index contributed by atoms with van der Waals surface area (Å²) in [5.74, 6) is -0.533. The molecule has 0 aromatic heterocycles. The molecule has 0 aromatic rings. The standard InChI is InChI=1S/C14H26O10/c1-5-6(3-15)22-14(10(19)8(5)17)24-12-7(4-16)23-13(21-2)11(20)9(12)18/h5-20H,3-4H2,1-2H3/t5-,6?,7?,8+,9+,10?,11?,12+,13+,14+/m1/s1. The van der Waals surface area contributed by atoms with Crippen LogP contribution in [0.25, 0.3) is 0 Å². The Balaban J connectivity index is 2.12. The number of rotatable bonds is 5. The first-order valence-electron chi connectivity index (χ1n) is 7.78. The Morgan fingerprint density at radius 2 is 1.33 bits per heavy atom. The van der Waals surface area contributed by atoms with Crippen LogP contribution in [0.5, 0.6) is 0 Å². The van der Waals surface area contributed by atoms with Gasteiger partial charge in [-0.2, -0.15) is 0 Å². The number of hydrogen-bond acceptors (Lipinski definition) is 10. The largest absolute Gasteiger partial charge is 0.394 e. The minimum absolute atomic E-state index is 0.396. The van der Waals surface area contributed by atoms with Gasteiger partial charge in [-0.15, -0.1) is 0 Å². The van der Waals surface area contributed by atoms with Gasteiger partial charge >= 0.3 is 0 Å². The Morgan fingerprint density at radius 3 is 1.88 bits per heavy atom. The van der Waals surface area contributed by atoms with Crippen molar-refractivity contribution in [3.05, 3.63) is 0 Å². The van der Waals surface area contributed by atoms with E-state index < -0.39 is 74.4 Å². The third-order valence-electron chi connectivity index (χ3n) is 4.59. The topological polar surface area (TPSA) is 158 Å². The zero-order valence-corrected chi connectivity index (χ0v) is 13.5. The van der Waals surface area contributed by atoms with Gasteiger partial charge in [0.2, 0.25) is 0 Å². The quantitative estimate of drug-likeness (QED) is 0.293. The van der Waals surface area contributed by atoms with Gasteiger partial charge < -0.3 is 49.6 Å². The van der Waals surface area contributed by atoms with Crippen LogP contribution in [-0.4, -0.2) is 106 Å². The van der Waals surface area contributed by atoms with E-state index in [1.807, 2.05) is 0 Å². The first kappa shape index (κ1) is 19.9. The van der Waals surface area contributed by atoms with Crippen LogP contribution in [0.1, 0.15) is 6.92 Å². The van der Waals surface area contributed by atoms with E-state index >= 15 is 0 Å². The van der Waals surface area contributed by atoms with Crippen molar-refractivity contribution >= 4 is 0 Å². The fraction of sp³-hybridized carbons (Fsp3) is 1.00. The van der Waals surface area contributed by atoms with Crippen molar-refractivity contribution in [3.8, 4) is 0 Å². The van der Waals surface area contributed by atoms with Crippen LogP contribution in [0, 0.1) is 5.92 Å². The molecule has 0 amide bonds. The van der Waals surface area contributed by atoms with Gasteiger partial charge in [0.15, 0.2) is 12.6 Å². The fourth-order valence-electron chi connectivity index (χ4n) is 2.96. The Kier molecular flexibility index (Phi) is 6.90. The Labute approximate surface area is 139 Å². The molecule has 0 saturated carbocycles. The van der Waals surface area contributed by atoms with Crippen LogP contribution in [-0.2, 0) is 18.9 Å². The second-order valence-corrected chi connectivity index (χ2v) is 6.11. The van der Waals surface area contributed by atoms with E-state index in [2.05, 4.69) is 0 Å². The maximum Gasteiger partial charge on any atom is 0.187 e. The van der Waals surface area contributed by atoms with Crippen LogP contribution in [0.4, 0.5) is 0 Å². The minimum Gasteiger partial charge on any atom is -0.394 e. The summed E-state index contributed by atoms with van der Waals surface area (Å²) >= 11 is 0. The van der Waals surface area contributed by atoms with Crippen molar-refractivity contribution in [2.75, 3.05) is 20.3 Å². The predicted molar refractivity (Wildman–Crippen MR) is 76.6 cm³/mol. The van der Waals surface area contributed by atoms with E-state index in [0.717, 1.165) is 0 Å². The van der Waals surface area contributed by atoms with E-state index in [-0.39, 0.29) is 0 Å². The average Bonchev–Trinajstić information content (AvgIpc) is 2.59. The second-order valence-electron chi connectivity index (χ2n) is 6.11. The number of aliphatic hydroxyl groups is 6. The summed E-state index contributed by atoms with van der Waals surface area (Å²) in [4.78, 5) is 0. The first-order chi connectivity index (χ1) is 11.3. The molecule has 6 N–H and O–H groups in total. The third kappa shape index (κ3) is 3.73. The van der Waals surface area contributed by atoms with Crippen LogP contribution in [0.2, 0.25) is 0 Å². The molecule has 24 heavy (non-hydrogen) atoms. The van der Waals surface area contributed by atoms with Crippen molar-refractivity contribution in [1.29, 1.82) is 0 Å². The molecule has 4 unspecified atom stereocenters. The van der Waals surface area contributed by atoms with Gasteiger partial charge in [0, 0.05) is 13.0 Å². The van der Waals surface area contributed by atoms with E-state index in [1.165, 1.54) is 7.11 Å². The molecule has 10 nitrogen and oxygen atoms in total. The van der Waals surface area contributed by atoms with Crippen LogP contribution in [0.3, 0.4) is 0 Å². The molecule has 10 heteroatoms. The number of hydrogen-bond donors (Lipinski definition) is 6. The van der Waals surface area contributed by atoms with Crippen molar-refractivity contribution in [2.24, 2.45) is 5.92 Å². The summed E-state index contributed by atoms with van der Waals surface area (Å²) < 4.78 is 21.1.